The number of unbranched alkanes of at least 4 members (excludes halogenated alkanes) is 1. The molecule has 0 aliphatic rings. The van der Waals surface area contributed by atoms with Gasteiger partial charge in [-0.05, 0) is 24.1 Å². The van der Waals surface area contributed by atoms with Crippen molar-refractivity contribution in [2.75, 3.05) is 6.61 Å². The fourth-order valence-electron chi connectivity index (χ4n) is 1.12. The van der Waals surface area contributed by atoms with Crippen molar-refractivity contribution in [2.24, 2.45) is 0 Å². The summed E-state index contributed by atoms with van der Waals surface area (Å²) in [5.74, 6) is 0.869. The van der Waals surface area contributed by atoms with Gasteiger partial charge in [0.15, 0.2) is 0 Å². The minimum Gasteiger partial charge on any atom is -0.494 e. The summed E-state index contributed by atoms with van der Waals surface area (Å²) < 4.78 is 5.48. The van der Waals surface area contributed by atoms with Gasteiger partial charge in [-0.25, -0.2) is 0 Å². The monoisotopic (exact) mass is 191 g/mol. The van der Waals surface area contributed by atoms with Gasteiger partial charge in [-0.1, -0.05) is 25.5 Å². The highest BCUT2D eigenvalue weighted by atomic mass is 16.5. The second-order valence-corrected chi connectivity index (χ2v) is 3.17. The van der Waals surface area contributed by atoms with Crippen LogP contribution in [0.3, 0.4) is 0 Å². The minimum absolute atomic E-state index is 0.356. The van der Waals surface area contributed by atoms with Crippen LogP contribution in [-0.4, -0.2) is 12.9 Å². The SMILES string of the molecule is CCCCOc1ccc(C[C]=O)cc1. The molecular weight excluding hydrogens is 176 g/mol. The summed E-state index contributed by atoms with van der Waals surface area (Å²) in [5.41, 5.74) is 0.975. The maximum Gasteiger partial charge on any atom is 0.203 e. The minimum atomic E-state index is 0.356. The first kappa shape index (κ1) is 10.8. The second kappa shape index (κ2) is 6.19. The summed E-state index contributed by atoms with van der Waals surface area (Å²) in [6.07, 6.45) is 4.43. The highest BCUT2D eigenvalue weighted by Crippen LogP contribution is 2.12. The maximum atomic E-state index is 10.1. The van der Waals surface area contributed by atoms with Crippen LogP contribution < -0.4 is 4.74 Å². The first-order chi connectivity index (χ1) is 6.86. The van der Waals surface area contributed by atoms with Gasteiger partial charge < -0.3 is 4.74 Å². The van der Waals surface area contributed by atoms with Crippen molar-refractivity contribution in [2.45, 2.75) is 26.2 Å². The van der Waals surface area contributed by atoms with E-state index in [0.717, 1.165) is 30.8 Å². The molecule has 2 heteroatoms. The van der Waals surface area contributed by atoms with E-state index >= 15 is 0 Å². The van der Waals surface area contributed by atoms with Crippen LogP contribution in [0.5, 0.6) is 5.75 Å². The summed E-state index contributed by atoms with van der Waals surface area (Å²) in [6, 6.07) is 7.57. The molecule has 1 radical (unpaired) electrons. The average molecular weight is 191 g/mol. The molecule has 1 rings (SSSR count). The largest absolute Gasteiger partial charge is 0.494 e. The summed E-state index contributed by atoms with van der Waals surface area (Å²) in [7, 11) is 0. The van der Waals surface area contributed by atoms with Gasteiger partial charge in [0.2, 0.25) is 6.29 Å². The summed E-state index contributed by atoms with van der Waals surface area (Å²) in [5, 5.41) is 0. The Morgan fingerprint density at radius 1 is 1.29 bits per heavy atom. The average Bonchev–Trinajstić information content (AvgIpc) is 2.21. The van der Waals surface area contributed by atoms with Crippen LogP contribution in [0.1, 0.15) is 25.3 Å². The topological polar surface area (TPSA) is 26.3 Å². The van der Waals surface area contributed by atoms with E-state index in [1.165, 1.54) is 0 Å². The van der Waals surface area contributed by atoms with Crippen molar-refractivity contribution in [3.63, 3.8) is 0 Å². The van der Waals surface area contributed by atoms with E-state index in [4.69, 9.17) is 4.74 Å². The Labute approximate surface area is 84.9 Å². The molecule has 75 valence electrons. The predicted molar refractivity (Wildman–Crippen MR) is 56.2 cm³/mol. The zero-order valence-electron chi connectivity index (χ0n) is 8.45. The van der Waals surface area contributed by atoms with Crippen LogP contribution in [0.4, 0.5) is 0 Å². The molecule has 0 aliphatic carbocycles. The van der Waals surface area contributed by atoms with Crippen molar-refractivity contribution >= 4 is 6.29 Å². The van der Waals surface area contributed by atoms with Gasteiger partial charge in [0.25, 0.3) is 0 Å². The van der Waals surface area contributed by atoms with Crippen LogP contribution in [0.2, 0.25) is 0 Å². The highest BCUT2D eigenvalue weighted by molar-refractivity contribution is 5.55. The zero-order chi connectivity index (χ0) is 10.2. The molecular formula is C12H15O2. The third kappa shape index (κ3) is 3.60. The van der Waals surface area contributed by atoms with Gasteiger partial charge in [-0.2, -0.15) is 0 Å². The van der Waals surface area contributed by atoms with Crippen LogP contribution >= 0.6 is 0 Å². The van der Waals surface area contributed by atoms with Crippen molar-refractivity contribution in [3.8, 4) is 5.75 Å². The molecule has 0 spiro atoms. The van der Waals surface area contributed by atoms with Crippen molar-refractivity contribution < 1.29 is 9.53 Å². The molecule has 0 atom stereocenters. The highest BCUT2D eigenvalue weighted by Gasteiger charge is 1.94. The van der Waals surface area contributed by atoms with Crippen molar-refractivity contribution in [3.05, 3.63) is 29.8 Å². The summed E-state index contributed by atoms with van der Waals surface area (Å²) in [4.78, 5) is 10.1. The lowest BCUT2D eigenvalue weighted by molar-refractivity contribution is 0.309. The molecule has 1 aromatic rings. The van der Waals surface area contributed by atoms with E-state index in [9.17, 15) is 4.79 Å². The van der Waals surface area contributed by atoms with E-state index in [1.54, 1.807) is 0 Å². The molecule has 0 saturated heterocycles. The molecule has 0 aliphatic heterocycles. The zero-order valence-corrected chi connectivity index (χ0v) is 8.45. The lowest BCUT2D eigenvalue weighted by atomic mass is 10.2. The fourth-order valence-corrected chi connectivity index (χ4v) is 1.12. The number of hydrogen-bond acceptors (Lipinski definition) is 2. The van der Waals surface area contributed by atoms with E-state index < -0.39 is 0 Å². The molecule has 0 bridgehead atoms. The molecule has 0 saturated carbocycles. The van der Waals surface area contributed by atoms with Gasteiger partial charge >= 0.3 is 0 Å². The third-order valence-electron chi connectivity index (χ3n) is 1.97. The van der Waals surface area contributed by atoms with Crippen LogP contribution in [0, 0.1) is 0 Å². The number of ether oxygens (including phenoxy) is 1. The fraction of sp³-hybridized carbons (Fsp3) is 0.417. The van der Waals surface area contributed by atoms with Gasteiger partial charge in [0, 0.05) is 6.42 Å². The van der Waals surface area contributed by atoms with E-state index in [1.807, 2.05) is 30.6 Å². The Hall–Kier alpha value is -1.31. The first-order valence-corrected chi connectivity index (χ1v) is 4.93. The van der Waals surface area contributed by atoms with Crippen LogP contribution in [-0.2, 0) is 11.2 Å². The molecule has 14 heavy (non-hydrogen) atoms. The molecule has 0 N–H and O–H groups in total. The molecule has 0 heterocycles. The Balaban J connectivity index is 2.42. The predicted octanol–water partition coefficient (Wildman–Crippen LogP) is 2.52. The van der Waals surface area contributed by atoms with Crippen molar-refractivity contribution in [1.82, 2.24) is 0 Å². The van der Waals surface area contributed by atoms with Gasteiger partial charge in [-0.15, -0.1) is 0 Å². The molecule has 1 aromatic carbocycles. The standard InChI is InChI=1S/C12H15O2/c1-2-3-10-14-12-6-4-11(5-7-12)8-9-13/h4-7H,2-3,8,10H2,1H3. The second-order valence-electron chi connectivity index (χ2n) is 3.17. The van der Waals surface area contributed by atoms with E-state index in [0.29, 0.717) is 6.42 Å². The Morgan fingerprint density at radius 3 is 2.57 bits per heavy atom. The lowest BCUT2D eigenvalue weighted by Gasteiger charge is -2.05. The Bertz CT molecular complexity index is 264. The third-order valence-corrected chi connectivity index (χ3v) is 1.97. The summed E-state index contributed by atoms with van der Waals surface area (Å²) >= 11 is 0. The molecule has 0 aromatic heterocycles. The summed E-state index contributed by atoms with van der Waals surface area (Å²) in [6.45, 7) is 2.89. The lowest BCUT2D eigenvalue weighted by Crippen LogP contribution is -1.96. The van der Waals surface area contributed by atoms with Crippen molar-refractivity contribution in [1.29, 1.82) is 0 Å². The molecule has 0 fully saturated rings. The first-order valence-electron chi connectivity index (χ1n) is 4.93. The van der Waals surface area contributed by atoms with Crippen LogP contribution in [0.15, 0.2) is 24.3 Å². The quantitative estimate of drug-likeness (QED) is 0.646. The molecule has 0 amide bonds. The normalized spacial score (nSPS) is 9.79. The van der Waals surface area contributed by atoms with E-state index in [-0.39, 0.29) is 0 Å². The number of carbonyl (C=O) groups excluding carboxylic acids is 1. The number of benzene rings is 1. The molecule has 0 unspecified atom stereocenters. The molecule has 2 nitrogen and oxygen atoms in total. The van der Waals surface area contributed by atoms with E-state index in [2.05, 4.69) is 6.92 Å². The van der Waals surface area contributed by atoms with Gasteiger partial charge in [-0.3, -0.25) is 4.79 Å². The van der Waals surface area contributed by atoms with Gasteiger partial charge in [0.05, 0.1) is 6.61 Å². The Morgan fingerprint density at radius 2 is 2.00 bits per heavy atom. The number of hydrogen-bond donors (Lipinski definition) is 0. The van der Waals surface area contributed by atoms with Crippen LogP contribution in [0.25, 0.3) is 0 Å². The smallest absolute Gasteiger partial charge is 0.203 e. The van der Waals surface area contributed by atoms with Gasteiger partial charge in [0.1, 0.15) is 5.75 Å². The Kier molecular flexibility index (Phi) is 4.76. The number of rotatable bonds is 6. The maximum absolute atomic E-state index is 10.1.